The molecule has 0 spiro atoms. The molecule has 0 bridgehead atoms. The van der Waals surface area contributed by atoms with Gasteiger partial charge >= 0.3 is 0 Å². The summed E-state index contributed by atoms with van der Waals surface area (Å²) >= 11 is 4.63. The van der Waals surface area contributed by atoms with Crippen molar-refractivity contribution < 1.29 is 14.1 Å². The van der Waals surface area contributed by atoms with E-state index in [2.05, 4.69) is 15.5 Å². The first-order valence-corrected chi connectivity index (χ1v) is 11.7. The third-order valence-electron chi connectivity index (χ3n) is 3.79. The van der Waals surface area contributed by atoms with Crippen LogP contribution in [0.2, 0.25) is 0 Å². The number of carbonyl (C=O) groups is 1. The zero-order valence-electron chi connectivity index (χ0n) is 15.2. The van der Waals surface area contributed by atoms with E-state index in [0.717, 1.165) is 22.0 Å². The highest BCUT2D eigenvalue weighted by molar-refractivity contribution is 7.99. The number of thioether (sulfide) groups is 1. The van der Waals surface area contributed by atoms with Gasteiger partial charge in [-0.05, 0) is 23.6 Å². The van der Waals surface area contributed by atoms with Crippen molar-refractivity contribution in [3.8, 4) is 16.4 Å². The Kier molecular flexibility index (Phi) is 6.60. The Bertz CT molecular complexity index is 1050. The molecular formula is C20H17N3O3S3. The van der Waals surface area contributed by atoms with Crippen LogP contribution in [0.25, 0.3) is 10.6 Å². The van der Waals surface area contributed by atoms with E-state index >= 15 is 0 Å². The summed E-state index contributed by atoms with van der Waals surface area (Å²) in [5.74, 6) is 2.31. The van der Waals surface area contributed by atoms with Gasteiger partial charge in [0.1, 0.15) is 12.4 Å². The smallest absolute Gasteiger partial charge is 0.234 e. The van der Waals surface area contributed by atoms with Crippen LogP contribution in [0.5, 0.6) is 5.75 Å². The van der Waals surface area contributed by atoms with Crippen LogP contribution in [0.4, 0.5) is 5.69 Å². The predicted octanol–water partition coefficient (Wildman–Crippen LogP) is 5.31. The summed E-state index contributed by atoms with van der Waals surface area (Å²) in [4.78, 5) is 17.5. The maximum absolute atomic E-state index is 12.2. The van der Waals surface area contributed by atoms with Crippen LogP contribution in [0.3, 0.4) is 0 Å². The lowest BCUT2D eigenvalue weighted by Crippen LogP contribution is -2.14. The van der Waals surface area contributed by atoms with Crippen molar-refractivity contribution in [3.63, 3.8) is 0 Å². The van der Waals surface area contributed by atoms with Crippen molar-refractivity contribution in [3.05, 3.63) is 70.1 Å². The monoisotopic (exact) mass is 443 g/mol. The van der Waals surface area contributed by atoms with Crippen molar-refractivity contribution in [2.75, 3.05) is 11.1 Å². The molecule has 4 aromatic rings. The third kappa shape index (κ3) is 5.69. The topological polar surface area (TPSA) is 77.2 Å². The second-order valence-corrected chi connectivity index (χ2v) is 8.65. The summed E-state index contributed by atoms with van der Waals surface area (Å²) in [7, 11) is 0. The quantitative estimate of drug-likeness (QED) is 0.378. The number of hydrogen-bond acceptors (Lipinski definition) is 8. The van der Waals surface area contributed by atoms with Crippen molar-refractivity contribution in [2.45, 2.75) is 12.4 Å². The SMILES string of the molecule is O=C(CSCc1cc(-c2cccs2)on1)Nc1cccc(OCc2cscn2)c1. The molecule has 0 aliphatic carbocycles. The number of thiophene rings is 1. The minimum Gasteiger partial charge on any atom is -0.487 e. The van der Waals surface area contributed by atoms with Gasteiger partial charge in [-0.3, -0.25) is 4.79 Å². The molecule has 6 nitrogen and oxygen atoms in total. The summed E-state index contributed by atoms with van der Waals surface area (Å²) < 4.78 is 11.1. The van der Waals surface area contributed by atoms with Gasteiger partial charge in [0.2, 0.25) is 5.91 Å². The van der Waals surface area contributed by atoms with Gasteiger partial charge in [-0.25, -0.2) is 4.98 Å². The van der Waals surface area contributed by atoms with E-state index in [4.69, 9.17) is 9.26 Å². The number of anilines is 1. The summed E-state index contributed by atoms with van der Waals surface area (Å²) in [5.41, 5.74) is 4.18. The lowest BCUT2D eigenvalue weighted by Gasteiger charge is -2.08. The van der Waals surface area contributed by atoms with E-state index in [9.17, 15) is 4.79 Å². The van der Waals surface area contributed by atoms with E-state index in [1.807, 2.05) is 47.2 Å². The number of benzene rings is 1. The van der Waals surface area contributed by atoms with Gasteiger partial charge in [0.15, 0.2) is 5.76 Å². The standard InChI is InChI=1S/C20H17N3O3S3/c24-20(12-27-10-15-8-18(26-23-15)19-5-2-6-29-19)22-14-3-1-4-17(7-14)25-9-16-11-28-13-21-16/h1-8,11,13H,9-10,12H2,(H,22,24). The Hall–Kier alpha value is -2.62. The molecular weight excluding hydrogens is 426 g/mol. The van der Waals surface area contributed by atoms with E-state index < -0.39 is 0 Å². The largest absolute Gasteiger partial charge is 0.487 e. The highest BCUT2D eigenvalue weighted by Crippen LogP contribution is 2.26. The maximum Gasteiger partial charge on any atom is 0.234 e. The molecule has 1 amide bonds. The van der Waals surface area contributed by atoms with Crippen molar-refractivity contribution in [1.82, 2.24) is 10.1 Å². The molecule has 0 atom stereocenters. The highest BCUT2D eigenvalue weighted by Gasteiger charge is 2.09. The first-order valence-electron chi connectivity index (χ1n) is 8.73. The third-order valence-corrected chi connectivity index (χ3v) is 6.28. The Balaban J connectivity index is 1.23. The molecule has 0 aliphatic heterocycles. The number of hydrogen-bond donors (Lipinski definition) is 1. The number of nitrogens with zero attached hydrogens (tertiary/aromatic N) is 2. The van der Waals surface area contributed by atoms with Crippen LogP contribution in [0.1, 0.15) is 11.4 Å². The average Bonchev–Trinajstić information content (AvgIpc) is 3.48. The molecule has 0 fully saturated rings. The molecule has 9 heteroatoms. The fraction of sp³-hybridized carbons (Fsp3) is 0.150. The number of rotatable bonds is 9. The second-order valence-electron chi connectivity index (χ2n) is 6.00. The Morgan fingerprint density at radius 2 is 2.17 bits per heavy atom. The molecule has 148 valence electrons. The summed E-state index contributed by atoms with van der Waals surface area (Å²) in [5, 5.41) is 10.9. The molecule has 0 aliphatic rings. The van der Waals surface area contributed by atoms with Gasteiger partial charge in [-0.2, -0.15) is 0 Å². The first-order chi connectivity index (χ1) is 14.3. The summed E-state index contributed by atoms with van der Waals surface area (Å²) in [6, 6.07) is 13.2. The molecule has 3 aromatic heterocycles. The van der Waals surface area contributed by atoms with Crippen LogP contribution >= 0.6 is 34.4 Å². The molecule has 29 heavy (non-hydrogen) atoms. The number of thiazole rings is 1. The predicted molar refractivity (Wildman–Crippen MR) is 117 cm³/mol. The summed E-state index contributed by atoms with van der Waals surface area (Å²) in [6.45, 7) is 0.405. The van der Waals surface area contributed by atoms with Crippen LogP contribution in [0, 0.1) is 0 Å². The zero-order chi connectivity index (χ0) is 19.9. The van der Waals surface area contributed by atoms with E-state index in [1.54, 1.807) is 22.9 Å². The van der Waals surface area contributed by atoms with Crippen LogP contribution in [-0.2, 0) is 17.2 Å². The minimum atomic E-state index is -0.0753. The molecule has 0 radical (unpaired) electrons. The Morgan fingerprint density at radius 3 is 3.00 bits per heavy atom. The van der Waals surface area contributed by atoms with Crippen LogP contribution in [0.15, 0.2) is 63.3 Å². The number of nitrogens with one attached hydrogen (secondary N) is 1. The minimum absolute atomic E-state index is 0.0753. The fourth-order valence-electron chi connectivity index (χ4n) is 2.49. The van der Waals surface area contributed by atoms with Crippen molar-refractivity contribution in [2.24, 2.45) is 0 Å². The van der Waals surface area contributed by atoms with Gasteiger partial charge in [0, 0.05) is 29.0 Å². The van der Waals surface area contributed by atoms with E-state index in [0.29, 0.717) is 29.5 Å². The molecule has 4 rings (SSSR count). The number of carbonyl (C=O) groups excluding carboxylic acids is 1. The number of amides is 1. The molecule has 0 saturated heterocycles. The highest BCUT2D eigenvalue weighted by atomic mass is 32.2. The fourth-order valence-corrected chi connectivity index (χ4v) is 4.41. The lowest BCUT2D eigenvalue weighted by atomic mass is 10.3. The first kappa shape index (κ1) is 19.7. The number of ether oxygens (including phenoxy) is 1. The molecule has 0 unspecified atom stereocenters. The second kappa shape index (κ2) is 9.73. The molecule has 0 saturated carbocycles. The Morgan fingerprint density at radius 1 is 1.21 bits per heavy atom. The average molecular weight is 444 g/mol. The normalized spacial score (nSPS) is 10.8. The van der Waals surface area contributed by atoms with Gasteiger partial charge in [-0.15, -0.1) is 34.4 Å². The van der Waals surface area contributed by atoms with Crippen LogP contribution < -0.4 is 10.1 Å². The maximum atomic E-state index is 12.2. The van der Waals surface area contributed by atoms with E-state index in [1.165, 1.54) is 23.1 Å². The zero-order valence-corrected chi connectivity index (χ0v) is 17.7. The van der Waals surface area contributed by atoms with Crippen molar-refractivity contribution in [1.29, 1.82) is 0 Å². The summed E-state index contributed by atoms with van der Waals surface area (Å²) in [6.07, 6.45) is 0. The Labute approximate surface area is 179 Å². The molecule has 1 N–H and O–H groups in total. The van der Waals surface area contributed by atoms with E-state index in [-0.39, 0.29) is 5.91 Å². The van der Waals surface area contributed by atoms with Gasteiger partial charge < -0.3 is 14.6 Å². The van der Waals surface area contributed by atoms with Crippen LogP contribution in [-0.4, -0.2) is 21.8 Å². The van der Waals surface area contributed by atoms with Gasteiger partial charge in [-0.1, -0.05) is 17.3 Å². The van der Waals surface area contributed by atoms with Gasteiger partial charge in [0.05, 0.1) is 27.5 Å². The number of aromatic nitrogens is 2. The molecule has 1 aromatic carbocycles. The lowest BCUT2D eigenvalue weighted by molar-refractivity contribution is -0.113. The van der Waals surface area contributed by atoms with Gasteiger partial charge in [0.25, 0.3) is 0 Å². The van der Waals surface area contributed by atoms with Crippen molar-refractivity contribution >= 4 is 46.0 Å². The molecule has 3 heterocycles.